The monoisotopic (exact) mass is 335 g/mol. The number of nitrogens with zero attached hydrogens (tertiary/aromatic N) is 1. The minimum absolute atomic E-state index is 0.0947. The Labute approximate surface area is 135 Å². The second kappa shape index (κ2) is 6.93. The molecular weight excluding hydrogens is 319 g/mol. The quantitative estimate of drug-likeness (QED) is 0.805. The molecule has 0 radical (unpaired) electrons. The van der Waals surface area contributed by atoms with Crippen molar-refractivity contribution in [2.75, 3.05) is 0 Å². The minimum atomic E-state index is -3.21. The SMILES string of the molecule is CCC(Oc1ccc(C#N)c(C(F)(F)P)c1)c1cccc(O)c1. The number of hydrogen-bond acceptors (Lipinski definition) is 3. The highest BCUT2D eigenvalue weighted by atomic mass is 31.0. The van der Waals surface area contributed by atoms with Gasteiger partial charge in [0.15, 0.2) is 0 Å². The van der Waals surface area contributed by atoms with Crippen LogP contribution in [0.25, 0.3) is 0 Å². The number of phenols is 1. The number of phenolic OH excluding ortho intramolecular Hbond substituents is 1. The van der Waals surface area contributed by atoms with Crippen molar-refractivity contribution >= 4 is 9.24 Å². The molecule has 120 valence electrons. The van der Waals surface area contributed by atoms with Crippen LogP contribution in [0.3, 0.4) is 0 Å². The van der Waals surface area contributed by atoms with Crippen molar-refractivity contribution < 1.29 is 18.6 Å². The molecule has 0 saturated carbocycles. The summed E-state index contributed by atoms with van der Waals surface area (Å²) >= 11 is 0. The van der Waals surface area contributed by atoms with E-state index in [0.717, 1.165) is 5.56 Å². The highest BCUT2D eigenvalue weighted by Crippen LogP contribution is 2.39. The Morgan fingerprint density at radius 1 is 1.30 bits per heavy atom. The van der Waals surface area contributed by atoms with Crippen LogP contribution in [0.1, 0.15) is 36.1 Å². The maximum absolute atomic E-state index is 13.6. The number of ether oxygens (including phenoxy) is 1. The topological polar surface area (TPSA) is 53.2 Å². The van der Waals surface area contributed by atoms with Gasteiger partial charge in [-0.25, -0.2) is 0 Å². The van der Waals surface area contributed by atoms with E-state index in [1.165, 1.54) is 27.4 Å². The molecule has 2 aromatic rings. The summed E-state index contributed by atoms with van der Waals surface area (Å²) in [6.45, 7) is 1.89. The Balaban J connectivity index is 2.34. The van der Waals surface area contributed by atoms with Crippen LogP contribution in [-0.4, -0.2) is 5.11 Å². The molecule has 6 heteroatoms. The Hall–Kier alpha value is -2.18. The van der Waals surface area contributed by atoms with Gasteiger partial charge in [0.1, 0.15) is 17.6 Å². The van der Waals surface area contributed by atoms with Gasteiger partial charge in [0.25, 0.3) is 5.66 Å². The molecule has 0 heterocycles. The zero-order chi connectivity index (χ0) is 17.0. The van der Waals surface area contributed by atoms with Crippen LogP contribution in [-0.2, 0) is 5.66 Å². The summed E-state index contributed by atoms with van der Waals surface area (Å²) in [6.07, 6.45) is 0.205. The first-order valence-corrected chi connectivity index (χ1v) is 7.59. The summed E-state index contributed by atoms with van der Waals surface area (Å²) in [5, 5.41) is 18.5. The molecule has 0 aliphatic rings. The molecule has 2 aromatic carbocycles. The van der Waals surface area contributed by atoms with Gasteiger partial charge in [-0.05, 0) is 42.3 Å². The highest BCUT2D eigenvalue weighted by Gasteiger charge is 2.29. The average Bonchev–Trinajstić information content (AvgIpc) is 2.51. The Morgan fingerprint density at radius 2 is 2.04 bits per heavy atom. The van der Waals surface area contributed by atoms with Gasteiger partial charge >= 0.3 is 0 Å². The fraction of sp³-hybridized carbons (Fsp3) is 0.235. The van der Waals surface area contributed by atoms with Gasteiger partial charge < -0.3 is 9.84 Å². The Kier molecular flexibility index (Phi) is 5.18. The summed E-state index contributed by atoms with van der Waals surface area (Å²) in [4.78, 5) is 0. The maximum atomic E-state index is 13.6. The predicted molar refractivity (Wildman–Crippen MR) is 86.5 cm³/mol. The molecule has 0 aromatic heterocycles. The van der Waals surface area contributed by atoms with E-state index in [-0.39, 0.29) is 23.2 Å². The summed E-state index contributed by atoms with van der Waals surface area (Å²) < 4.78 is 33.0. The lowest BCUT2D eigenvalue weighted by Crippen LogP contribution is -2.09. The third kappa shape index (κ3) is 4.18. The molecule has 1 N–H and O–H groups in total. The molecule has 3 nitrogen and oxygen atoms in total. The van der Waals surface area contributed by atoms with E-state index in [2.05, 4.69) is 0 Å². The van der Waals surface area contributed by atoms with Crippen LogP contribution in [0, 0.1) is 11.3 Å². The third-order valence-corrected chi connectivity index (χ3v) is 3.67. The number of aromatic hydroxyl groups is 1. The number of benzene rings is 2. The number of nitriles is 1. The minimum Gasteiger partial charge on any atom is -0.508 e. The molecule has 0 aliphatic carbocycles. The standard InChI is InChI=1S/C17H16F2NO2P/c1-2-16(11-4-3-5-13(21)8-11)22-14-7-6-12(10-20)15(9-14)17(18,19)23/h3-9,16,21H,2,23H2,1H3. The van der Waals surface area contributed by atoms with E-state index in [0.29, 0.717) is 6.42 Å². The smallest absolute Gasteiger partial charge is 0.285 e. The second-order valence-electron chi connectivity index (χ2n) is 5.05. The summed E-state index contributed by atoms with van der Waals surface area (Å²) in [6, 6.07) is 12.3. The van der Waals surface area contributed by atoms with Crippen molar-refractivity contribution in [2.45, 2.75) is 25.1 Å². The molecule has 2 atom stereocenters. The molecule has 0 fully saturated rings. The van der Waals surface area contributed by atoms with Crippen LogP contribution in [0.5, 0.6) is 11.5 Å². The fourth-order valence-corrected chi connectivity index (χ4v) is 2.49. The van der Waals surface area contributed by atoms with Crippen molar-refractivity contribution in [1.29, 1.82) is 5.26 Å². The molecule has 2 unspecified atom stereocenters. The lowest BCUT2D eigenvalue weighted by atomic mass is 10.1. The molecule has 0 aliphatic heterocycles. The van der Waals surface area contributed by atoms with E-state index in [4.69, 9.17) is 10.00 Å². The summed E-state index contributed by atoms with van der Waals surface area (Å²) in [5.74, 6) is 0.359. The molecular formula is C17H16F2NO2P. The van der Waals surface area contributed by atoms with Gasteiger partial charge in [-0.2, -0.15) is 14.0 Å². The third-order valence-electron chi connectivity index (χ3n) is 3.36. The lowest BCUT2D eigenvalue weighted by molar-refractivity contribution is 0.103. The molecule has 23 heavy (non-hydrogen) atoms. The van der Waals surface area contributed by atoms with Crippen molar-refractivity contribution in [3.05, 3.63) is 59.2 Å². The van der Waals surface area contributed by atoms with Crippen LogP contribution in [0.4, 0.5) is 8.78 Å². The van der Waals surface area contributed by atoms with E-state index >= 15 is 0 Å². The maximum Gasteiger partial charge on any atom is 0.285 e. The van der Waals surface area contributed by atoms with Crippen molar-refractivity contribution in [3.8, 4) is 17.6 Å². The van der Waals surface area contributed by atoms with Crippen LogP contribution in [0.2, 0.25) is 0 Å². The van der Waals surface area contributed by atoms with Gasteiger partial charge in [-0.15, -0.1) is 0 Å². The predicted octanol–water partition coefficient (Wildman–Crippen LogP) is 4.72. The average molecular weight is 335 g/mol. The zero-order valence-electron chi connectivity index (χ0n) is 12.5. The van der Waals surface area contributed by atoms with E-state index < -0.39 is 11.2 Å². The molecule has 0 bridgehead atoms. The Morgan fingerprint density at radius 3 is 2.61 bits per heavy atom. The number of hydrogen-bond donors (Lipinski definition) is 1. The van der Waals surface area contributed by atoms with Crippen molar-refractivity contribution in [2.24, 2.45) is 0 Å². The first-order chi connectivity index (χ1) is 10.8. The summed E-state index contributed by atoms with van der Waals surface area (Å²) in [7, 11) is 1.43. The fourth-order valence-electron chi connectivity index (χ4n) is 2.25. The molecule has 0 spiro atoms. The number of halogens is 2. The van der Waals surface area contributed by atoms with Crippen LogP contribution < -0.4 is 4.74 Å². The second-order valence-corrected chi connectivity index (χ2v) is 5.78. The molecule has 0 saturated heterocycles. The van der Waals surface area contributed by atoms with Crippen molar-refractivity contribution in [3.63, 3.8) is 0 Å². The lowest BCUT2D eigenvalue weighted by Gasteiger charge is -2.20. The first kappa shape index (κ1) is 17.2. The molecule has 2 rings (SSSR count). The van der Waals surface area contributed by atoms with E-state index in [1.807, 2.05) is 6.92 Å². The van der Waals surface area contributed by atoms with Gasteiger partial charge in [0.05, 0.1) is 11.6 Å². The van der Waals surface area contributed by atoms with Gasteiger partial charge in [-0.1, -0.05) is 28.3 Å². The van der Waals surface area contributed by atoms with E-state index in [1.54, 1.807) is 30.3 Å². The number of alkyl halides is 2. The zero-order valence-corrected chi connectivity index (χ0v) is 13.6. The van der Waals surface area contributed by atoms with Gasteiger partial charge in [0.2, 0.25) is 0 Å². The van der Waals surface area contributed by atoms with Gasteiger partial charge in [-0.3, -0.25) is 0 Å². The first-order valence-electron chi connectivity index (χ1n) is 7.02. The van der Waals surface area contributed by atoms with E-state index in [9.17, 15) is 13.9 Å². The molecule has 0 amide bonds. The van der Waals surface area contributed by atoms with Gasteiger partial charge in [0, 0.05) is 5.56 Å². The highest BCUT2D eigenvalue weighted by molar-refractivity contribution is 7.17. The Bertz CT molecular complexity index is 738. The van der Waals surface area contributed by atoms with Crippen molar-refractivity contribution in [1.82, 2.24) is 0 Å². The normalized spacial score (nSPS) is 12.5. The van der Waals surface area contributed by atoms with Crippen LogP contribution >= 0.6 is 9.24 Å². The van der Waals surface area contributed by atoms with Crippen LogP contribution in [0.15, 0.2) is 42.5 Å². The number of rotatable bonds is 5. The largest absolute Gasteiger partial charge is 0.508 e. The summed E-state index contributed by atoms with van der Waals surface area (Å²) in [5.41, 5.74) is -2.95.